The molecule has 3 amide bonds. The monoisotopic (exact) mass is 507 g/mol. The van der Waals surface area contributed by atoms with Crippen molar-refractivity contribution in [2.24, 2.45) is 0 Å². The first kappa shape index (κ1) is 28.0. The molecule has 2 heterocycles. The van der Waals surface area contributed by atoms with Crippen molar-refractivity contribution in [1.82, 2.24) is 9.88 Å². The van der Waals surface area contributed by atoms with E-state index in [0.717, 1.165) is 28.9 Å². The molecular weight excluding hydrogens is 474 g/mol. The Balaban J connectivity index is 0.00000195. The van der Waals surface area contributed by atoms with E-state index in [0.29, 0.717) is 30.8 Å². The van der Waals surface area contributed by atoms with E-state index in [1.165, 1.54) is 10.5 Å². The second-order valence-corrected chi connectivity index (χ2v) is 9.41. The third-order valence-electron chi connectivity index (χ3n) is 6.89. The van der Waals surface area contributed by atoms with Crippen molar-refractivity contribution in [2.75, 3.05) is 29.9 Å². The molecule has 1 aromatic heterocycles. The first-order chi connectivity index (χ1) is 18.3. The molecule has 0 aliphatic carbocycles. The lowest BCUT2D eigenvalue weighted by Gasteiger charge is -2.32. The normalized spacial score (nSPS) is 16.1. The predicted octanol–water partition coefficient (Wildman–Crippen LogP) is 5.07. The molecule has 1 saturated heterocycles. The standard InChI is InChI=1S/C29H31N5O2.C2H2/c1-5-22-8-11-28(31-16-22)33-17-26(24-9-6-23(15-30)7-10-24)27(18-33)32(4)29(36)34(19-35)25-13-20(2)12-21(3)14-25;1-2/h6-14,16,19,26-27H,5,17-18H2,1-4H3;1-2H/t26-,27+;/m1./s1. The van der Waals surface area contributed by atoms with Gasteiger partial charge < -0.3 is 9.80 Å². The Kier molecular flexibility index (Phi) is 9.24. The second kappa shape index (κ2) is 12.6. The minimum absolute atomic E-state index is 0.0212. The van der Waals surface area contributed by atoms with Crippen molar-refractivity contribution >= 4 is 23.9 Å². The summed E-state index contributed by atoms with van der Waals surface area (Å²) < 4.78 is 0. The number of aromatic nitrogens is 1. The van der Waals surface area contributed by atoms with Gasteiger partial charge in [-0.3, -0.25) is 4.79 Å². The summed E-state index contributed by atoms with van der Waals surface area (Å²) in [7, 11) is 1.75. The van der Waals surface area contributed by atoms with Gasteiger partial charge in [0.05, 0.1) is 23.4 Å². The number of rotatable bonds is 6. The quantitative estimate of drug-likeness (QED) is 0.344. The molecule has 0 saturated carbocycles. The smallest absolute Gasteiger partial charge is 0.331 e. The molecule has 2 atom stereocenters. The van der Waals surface area contributed by atoms with Crippen LogP contribution in [0.5, 0.6) is 0 Å². The van der Waals surface area contributed by atoms with E-state index < -0.39 is 0 Å². The number of urea groups is 1. The number of aryl methyl sites for hydroxylation is 3. The molecule has 0 unspecified atom stereocenters. The molecule has 194 valence electrons. The molecule has 2 aromatic carbocycles. The van der Waals surface area contributed by atoms with Gasteiger partial charge in [0.25, 0.3) is 0 Å². The molecule has 0 N–H and O–H groups in total. The Bertz CT molecular complexity index is 1300. The molecule has 38 heavy (non-hydrogen) atoms. The molecule has 0 spiro atoms. The van der Waals surface area contributed by atoms with Crippen LogP contribution in [0, 0.1) is 38.0 Å². The Labute approximate surface area is 225 Å². The minimum atomic E-state index is -0.380. The zero-order valence-corrected chi connectivity index (χ0v) is 22.3. The number of carbonyl (C=O) groups is 2. The summed E-state index contributed by atoms with van der Waals surface area (Å²) in [6.07, 6.45) is 11.4. The van der Waals surface area contributed by atoms with E-state index in [-0.39, 0.29) is 18.0 Å². The number of pyridine rings is 1. The van der Waals surface area contributed by atoms with Gasteiger partial charge >= 0.3 is 6.03 Å². The van der Waals surface area contributed by atoms with Crippen LogP contribution in [0.4, 0.5) is 16.3 Å². The average molecular weight is 508 g/mol. The summed E-state index contributed by atoms with van der Waals surface area (Å²) in [6.45, 7) is 7.22. The number of carbonyl (C=O) groups excluding carboxylic acids is 2. The fraction of sp³-hybridized carbons (Fsp3) is 0.290. The van der Waals surface area contributed by atoms with Crippen molar-refractivity contribution in [1.29, 1.82) is 5.26 Å². The highest BCUT2D eigenvalue weighted by Crippen LogP contribution is 2.34. The lowest BCUT2D eigenvalue weighted by atomic mass is 9.93. The Morgan fingerprint density at radius 2 is 1.76 bits per heavy atom. The second-order valence-electron chi connectivity index (χ2n) is 9.41. The molecule has 1 aliphatic heterocycles. The number of nitrogens with zero attached hydrogens (tertiary/aromatic N) is 5. The largest absolute Gasteiger partial charge is 0.354 e. The summed E-state index contributed by atoms with van der Waals surface area (Å²) in [5.74, 6) is 0.836. The number of imide groups is 1. The van der Waals surface area contributed by atoms with E-state index in [9.17, 15) is 14.9 Å². The number of hydrogen-bond acceptors (Lipinski definition) is 5. The molecule has 1 aliphatic rings. The highest BCUT2D eigenvalue weighted by Gasteiger charge is 2.40. The van der Waals surface area contributed by atoms with Crippen molar-refractivity contribution in [3.63, 3.8) is 0 Å². The van der Waals surface area contributed by atoms with E-state index in [2.05, 4.69) is 41.8 Å². The molecule has 0 bridgehead atoms. The first-order valence-electron chi connectivity index (χ1n) is 12.5. The van der Waals surface area contributed by atoms with Crippen LogP contribution in [-0.2, 0) is 11.2 Å². The number of nitriles is 1. The van der Waals surface area contributed by atoms with E-state index in [1.807, 2.05) is 56.4 Å². The van der Waals surface area contributed by atoms with Crippen molar-refractivity contribution in [3.05, 3.63) is 88.6 Å². The maximum atomic E-state index is 13.6. The number of anilines is 2. The summed E-state index contributed by atoms with van der Waals surface area (Å²) >= 11 is 0. The van der Waals surface area contributed by atoms with Crippen LogP contribution >= 0.6 is 0 Å². The van der Waals surface area contributed by atoms with Gasteiger partial charge in [-0.05, 0) is 72.9 Å². The highest BCUT2D eigenvalue weighted by molar-refractivity contribution is 6.06. The van der Waals surface area contributed by atoms with E-state index in [1.54, 1.807) is 24.1 Å². The number of hydrogen-bond donors (Lipinski definition) is 0. The fourth-order valence-electron chi connectivity index (χ4n) is 4.93. The van der Waals surface area contributed by atoms with Crippen LogP contribution in [0.2, 0.25) is 0 Å². The highest BCUT2D eigenvalue weighted by atomic mass is 16.2. The number of terminal acetylenes is 1. The summed E-state index contributed by atoms with van der Waals surface area (Å²) in [4.78, 5) is 35.4. The molecule has 3 aromatic rings. The van der Waals surface area contributed by atoms with Crippen molar-refractivity contribution in [2.45, 2.75) is 39.2 Å². The van der Waals surface area contributed by atoms with Crippen LogP contribution < -0.4 is 9.80 Å². The SMILES string of the molecule is C#C.CCc1ccc(N2C[C@H](c3ccc(C#N)cc3)[C@@H](N(C)C(=O)N(C=O)c3cc(C)cc(C)c3)C2)nc1. The van der Waals surface area contributed by atoms with Gasteiger partial charge in [0, 0.05) is 32.3 Å². The summed E-state index contributed by atoms with van der Waals surface area (Å²) in [5, 5.41) is 9.22. The van der Waals surface area contributed by atoms with Gasteiger partial charge in [-0.1, -0.05) is 31.2 Å². The molecule has 0 radical (unpaired) electrons. The lowest BCUT2D eigenvalue weighted by Crippen LogP contribution is -2.48. The number of likely N-dealkylation sites (N-methyl/N-ethyl adjacent to an activating group) is 1. The number of benzene rings is 2. The van der Waals surface area contributed by atoms with E-state index in [4.69, 9.17) is 0 Å². The van der Waals surface area contributed by atoms with Crippen molar-refractivity contribution < 1.29 is 9.59 Å². The maximum Gasteiger partial charge on any atom is 0.331 e. The molecular formula is C31H33N5O2. The van der Waals surface area contributed by atoms with Gasteiger partial charge in [0.1, 0.15) is 5.82 Å². The fourth-order valence-corrected chi connectivity index (χ4v) is 4.93. The van der Waals surface area contributed by atoms with Gasteiger partial charge in [0.15, 0.2) is 0 Å². The predicted molar refractivity (Wildman–Crippen MR) is 151 cm³/mol. The minimum Gasteiger partial charge on any atom is -0.354 e. The molecule has 7 nitrogen and oxygen atoms in total. The van der Waals surface area contributed by atoms with Crippen LogP contribution in [0.15, 0.2) is 60.8 Å². The maximum absolute atomic E-state index is 13.6. The summed E-state index contributed by atoms with van der Waals surface area (Å²) in [6, 6.07) is 18.9. The van der Waals surface area contributed by atoms with Crippen molar-refractivity contribution in [3.8, 4) is 18.9 Å². The van der Waals surface area contributed by atoms with Gasteiger partial charge in [-0.15, -0.1) is 12.8 Å². The third-order valence-corrected chi connectivity index (χ3v) is 6.89. The first-order valence-corrected chi connectivity index (χ1v) is 12.5. The molecule has 4 rings (SSSR count). The zero-order valence-electron chi connectivity index (χ0n) is 22.3. The Morgan fingerprint density at radius 3 is 2.29 bits per heavy atom. The van der Waals surface area contributed by atoms with E-state index >= 15 is 0 Å². The number of amides is 3. The van der Waals surface area contributed by atoms with Crippen LogP contribution in [-0.4, -0.2) is 48.5 Å². The van der Waals surface area contributed by atoms with Crippen LogP contribution in [0.3, 0.4) is 0 Å². The molecule has 1 fully saturated rings. The Morgan fingerprint density at radius 1 is 1.11 bits per heavy atom. The summed E-state index contributed by atoms with van der Waals surface area (Å²) in [5.41, 5.74) is 5.32. The molecule has 7 heteroatoms. The van der Waals surface area contributed by atoms with Crippen LogP contribution in [0.25, 0.3) is 0 Å². The lowest BCUT2D eigenvalue weighted by molar-refractivity contribution is -0.107. The van der Waals surface area contributed by atoms with Gasteiger partial charge in [-0.2, -0.15) is 5.26 Å². The topological polar surface area (TPSA) is 80.5 Å². The van der Waals surface area contributed by atoms with Crippen LogP contribution in [0.1, 0.15) is 40.7 Å². The average Bonchev–Trinajstić information content (AvgIpc) is 3.39. The Hall–Kier alpha value is -4.62. The van der Waals surface area contributed by atoms with Gasteiger partial charge in [0.2, 0.25) is 6.41 Å². The zero-order chi connectivity index (χ0) is 27.8. The third kappa shape index (κ3) is 6.02. The van der Waals surface area contributed by atoms with Gasteiger partial charge in [-0.25, -0.2) is 14.7 Å².